The Hall–Kier alpha value is -1.33. The van der Waals surface area contributed by atoms with E-state index in [1.807, 2.05) is 6.92 Å². The van der Waals surface area contributed by atoms with Crippen LogP contribution in [-0.4, -0.2) is 6.54 Å². The highest BCUT2D eigenvalue weighted by Gasteiger charge is 2.19. The van der Waals surface area contributed by atoms with Gasteiger partial charge in [-0.2, -0.15) is 0 Å². The molecule has 0 aromatic heterocycles. The molecular formula is C16H15BrF3N. The third kappa shape index (κ3) is 3.86. The smallest absolute Gasteiger partial charge is 0.137 e. The average Bonchev–Trinajstić information content (AvgIpc) is 2.46. The van der Waals surface area contributed by atoms with Gasteiger partial charge in [-0.1, -0.05) is 19.1 Å². The van der Waals surface area contributed by atoms with Gasteiger partial charge in [0.2, 0.25) is 0 Å². The summed E-state index contributed by atoms with van der Waals surface area (Å²) >= 11 is 2.96. The second-order valence-corrected chi connectivity index (χ2v) is 5.58. The molecule has 0 aliphatic rings. The molecule has 0 aliphatic carbocycles. The van der Waals surface area contributed by atoms with Gasteiger partial charge >= 0.3 is 0 Å². The fourth-order valence-corrected chi connectivity index (χ4v) is 2.43. The van der Waals surface area contributed by atoms with Crippen LogP contribution in [0.1, 0.15) is 30.5 Å². The summed E-state index contributed by atoms with van der Waals surface area (Å²) in [6.45, 7) is 2.62. The van der Waals surface area contributed by atoms with E-state index >= 15 is 0 Å². The van der Waals surface area contributed by atoms with Crippen molar-refractivity contribution in [2.24, 2.45) is 0 Å². The zero-order valence-electron chi connectivity index (χ0n) is 11.5. The summed E-state index contributed by atoms with van der Waals surface area (Å²) in [5.74, 6) is -1.41. The lowest BCUT2D eigenvalue weighted by molar-refractivity contribution is 0.532. The van der Waals surface area contributed by atoms with Crippen molar-refractivity contribution in [3.05, 3.63) is 69.4 Å². The minimum absolute atomic E-state index is 0.0806. The first-order valence-electron chi connectivity index (χ1n) is 6.66. The molecule has 1 atom stereocenters. The van der Waals surface area contributed by atoms with Gasteiger partial charge in [0.25, 0.3) is 0 Å². The molecule has 0 aliphatic heterocycles. The van der Waals surface area contributed by atoms with Crippen LogP contribution >= 0.6 is 15.9 Å². The van der Waals surface area contributed by atoms with Crippen molar-refractivity contribution < 1.29 is 13.2 Å². The highest BCUT2D eigenvalue weighted by molar-refractivity contribution is 9.10. The Bertz CT molecular complexity index is 614. The fourth-order valence-electron chi connectivity index (χ4n) is 2.11. The molecular weight excluding hydrogens is 343 g/mol. The molecule has 2 aromatic rings. The first kappa shape index (κ1) is 16.0. The molecule has 0 bridgehead atoms. The number of hydrogen-bond acceptors (Lipinski definition) is 1. The summed E-state index contributed by atoms with van der Waals surface area (Å²) in [5.41, 5.74) is 0.890. The number of benzene rings is 2. The third-order valence-electron chi connectivity index (χ3n) is 3.15. The van der Waals surface area contributed by atoms with Crippen molar-refractivity contribution in [2.75, 3.05) is 6.54 Å². The Labute approximate surface area is 130 Å². The third-order valence-corrected chi connectivity index (χ3v) is 3.76. The molecule has 112 valence electrons. The van der Waals surface area contributed by atoms with E-state index in [0.29, 0.717) is 12.1 Å². The van der Waals surface area contributed by atoms with Crippen LogP contribution in [0.4, 0.5) is 13.2 Å². The fraction of sp³-hybridized carbons (Fsp3) is 0.250. The van der Waals surface area contributed by atoms with E-state index in [9.17, 15) is 13.2 Å². The van der Waals surface area contributed by atoms with Gasteiger partial charge in [-0.05, 0) is 58.7 Å². The molecule has 0 fully saturated rings. The molecule has 1 unspecified atom stereocenters. The van der Waals surface area contributed by atoms with Crippen LogP contribution in [-0.2, 0) is 0 Å². The minimum Gasteiger partial charge on any atom is -0.306 e. The quantitative estimate of drug-likeness (QED) is 0.746. The predicted octanol–water partition coefficient (Wildman–Crippen LogP) is 4.96. The Balaban J connectivity index is 2.45. The molecule has 0 radical (unpaired) electrons. The van der Waals surface area contributed by atoms with Gasteiger partial charge < -0.3 is 5.32 Å². The van der Waals surface area contributed by atoms with Crippen LogP contribution in [0, 0.1) is 17.5 Å². The number of hydrogen-bond donors (Lipinski definition) is 1. The second-order valence-electron chi connectivity index (χ2n) is 4.73. The van der Waals surface area contributed by atoms with Crippen molar-refractivity contribution in [1.29, 1.82) is 0 Å². The Kier molecular flexibility index (Phi) is 5.42. The average molecular weight is 358 g/mol. The van der Waals surface area contributed by atoms with Crippen molar-refractivity contribution in [3.8, 4) is 0 Å². The lowest BCUT2D eigenvalue weighted by Crippen LogP contribution is -2.24. The monoisotopic (exact) mass is 357 g/mol. The van der Waals surface area contributed by atoms with Gasteiger partial charge in [-0.3, -0.25) is 0 Å². The van der Waals surface area contributed by atoms with Crippen LogP contribution < -0.4 is 5.32 Å². The molecule has 0 heterocycles. The molecule has 0 spiro atoms. The first-order chi connectivity index (χ1) is 10.0. The lowest BCUT2D eigenvalue weighted by Gasteiger charge is -2.20. The van der Waals surface area contributed by atoms with E-state index in [1.54, 1.807) is 12.1 Å². The topological polar surface area (TPSA) is 12.0 Å². The molecule has 0 saturated heterocycles. The largest absolute Gasteiger partial charge is 0.306 e. The van der Waals surface area contributed by atoms with E-state index in [1.165, 1.54) is 12.1 Å². The molecule has 21 heavy (non-hydrogen) atoms. The van der Waals surface area contributed by atoms with Crippen LogP contribution in [0.5, 0.6) is 0 Å². The Morgan fingerprint density at radius 2 is 1.71 bits per heavy atom. The normalized spacial score (nSPS) is 12.4. The van der Waals surface area contributed by atoms with Gasteiger partial charge in [-0.15, -0.1) is 0 Å². The first-order valence-corrected chi connectivity index (χ1v) is 7.45. The maximum absolute atomic E-state index is 14.2. The molecule has 2 aromatic carbocycles. The van der Waals surface area contributed by atoms with Crippen LogP contribution in [0.15, 0.2) is 40.9 Å². The molecule has 5 heteroatoms. The van der Waals surface area contributed by atoms with E-state index in [0.717, 1.165) is 18.6 Å². The van der Waals surface area contributed by atoms with Gasteiger partial charge in [0.05, 0.1) is 10.5 Å². The molecule has 0 saturated carbocycles. The maximum Gasteiger partial charge on any atom is 0.137 e. The zero-order valence-corrected chi connectivity index (χ0v) is 13.1. The highest BCUT2D eigenvalue weighted by atomic mass is 79.9. The summed E-state index contributed by atoms with van der Waals surface area (Å²) in [7, 11) is 0. The predicted molar refractivity (Wildman–Crippen MR) is 80.6 cm³/mol. The Morgan fingerprint density at radius 3 is 2.33 bits per heavy atom. The van der Waals surface area contributed by atoms with Crippen LogP contribution in [0.3, 0.4) is 0 Å². The highest BCUT2D eigenvalue weighted by Crippen LogP contribution is 2.28. The molecule has 2 rings (SSSR count). The van der Waals surface area contributed by atoms with Crippen molar-refractivity contribution >= 4 is 15.9 Å². The summed E-state index contributed by atoms with van der Waals surface area (Å²) in [6, 6.07) is 7.51. The maximum atomic E-state index is 14.2. The van der Waals surface area contributed by atoms with E-state index < -0.39 is 17.7 Å². The van der Waals surface area contributed by atoms with E-state index in [2.05, 4.69) is 21.2 Å². The second kappa shape index (κ2) is 7.09. The number of rotatable bonds is 5. The SMILES string of the molecule is CCCNC(c1ccc(F)cc1)c1cc(F)c(Br)cc1F. The van der Waals surface area contributed by atoms with Gasteiger partial charge in [0.1, 0.15) is 17.5 Å². The Morgan fingerprint density at radius 1 is 1.05 bits per heavy atom. The van der Waals surface area contributed by atoms with E-state index in [4.69, 9.17) is 0 Å². The summed E-state index contributed by atoms with van der Waals surface area (Å²) in [6.07, 6.45) is 0.846. The van der Waals surface area contributed by atoms with Crippen LogP contribution in [0.2, 0.25) is 0 Å². The lowest BCUT2D eigenvalue weighted by atomic mass is 9.98. The molecule has 0 amide bonds. The molecule has 1 N–H and O–H groups in total. The summed E-state index contributed by atoms with van der Waals surface area (Å²) in [4.78, 5) is 0. The van der Waals surface area contributed by atoms with Gasteiger partial charge in [0, 0.05) is 5.56 Å². The van der Waals surface area contributed by atoms with Gasteiger partial charge in [0.15, 0.2) is 0 Å². The number of nitrogens with one attached hydrogen (secondary N) is 1. The number of halogens is 4. The summed E-state index contributed by atoms with van der Waals surface area (Å²) < 4.78 is 41.0. The zero-order chi connectivity index (χ0) is 15.4. The molecule has 1 nitrogen and oxygen atoms in total. The standard InChI is InChI=1S/C16H15BrF3N/c1-2-7-21-16(10-3-5-11(18)6-4-10)12-8-15(20)13(17)9-14(12)19/h3-6,8-9,16,21H,2,7H2,1H3. The van der Waals surface area contributed by atoms with Crippen molar-refractivity contribution in [2.45, 2.75) is 19.4 Å². The minimum atomic E-state index is -0.531. The van der Waals surface area contributed by atoms with Crippen molar-refractivity contribution in [1.82, 2.24) is 5.32 Å². The van der Waals surface area contributed by atoms with Gasteiger partial charge in [-0.25, -0.2) is 13.2 Å². The summed E-state index contributed by atoms with van der Waals surface area (Å²) in [5, 5.41) is 3.16. The van der Waals surface area contributed by atoms with E-state index in [-0.39, 0.29) is 15.9 Å². The van der Waals surface area contributed by atoms with Crippen molar-refractivity contribution in [3.63, 3.8) is 0 Å². The van der Waals surface area contributed by atoms with Crippen LogP contribution in [0.25, 0.3) is 0 Å².